The Kier molecular flexibility index (Phi) is 6.19. The fourth-order valence-electron chi connectivity index (χ4n) is 3.27. The van der Waals surface area contributed by atoms with Crippen molar-refractivity contribution in [1.82, 2.24) is 4.98 Å². The Hall–Kier alpha value is -3.73. The van der Waals surface area contributed by atoms with Gasteiger partial charge >= 0.3 is 0 Å². The van der Waals surface area contributed by atoms with Crippen LogP contribution in [-0.2, 0) is 11.2 Å². The van der Waals surface area contributed by atoms with Crippen LogP contribution in [0.15, 0.2) is 72.6 Å². The van der Waals surface area contributed by atoms with Crippen molar-refractivity contribution in [2.24, 2.45) is 5.73 Å². The van der Waals surface area contributed by atoms with Crippen LogP contribution >= 0.6 is 0 Å². The van der Waals surface area contributed by atoms with E-state index in [-0.39, 0.29) is 0 Å². The predicted molar refractivity (Wildman–Crippen MR) is 119 cm³/mol. The maximum absolute atomic E-state index is 10.7. The summed E-state index contributed by atoms with van der Waals surface area (Å²) in [5.41, 5.74) is 12.5. The van der Waals surface area contributed by atoms with E-state index < -0.39 is 0 Å². The Morgan fingerprint density at radius 3 is 2.34 bits per heavy atom. The van der Waals surface area contributed by atoms with E-state index in [9.17, 15) is 4.79 Å². The first-order valence-corrected chi connectivity index (χ1v) is 9.45. The maximum atomic E-state index is 10.7. The van der Waals surface area contributed by atoms with Crippen LogP contribution < -0.4 is 11.1 Å². The van der Waals surface area contributed by atoms with Gasteiger partial charge in [0.15, 0.2) is 0 Å². The molecule has 4 N–H and O–H groups in total. The normalized spacial score (nSPS) is 11.5. The Bertz CT molecular complexity index is 1050. The SMILES string of the molecule is CCc1cc(-c2ccc(/C(C(=N)c3ccccc3)=C(\C)N)cc2)cnc1NC=O. The molecule has 0 aliphatic carbocycles. The number of pyridine rings is 1. The van der Waals surface area contributed by atoms with Crippen LogP contribution in [0.1, 0.15) is 30.5 Å². The number of anilines is 1. The van der Waals surface area contributed by atoms with Crippen molar-refractivity contribution < 1.29 is 4.79 Å². The van der Waals surface area contributed by atoms with E-state index in [0.29, 0.717) is 23.6 Å². The lowest BCUT2D eigenvalue weighted by Crippen LogP contribution is -2.09. The highest BCUT2D eigenvalue weighted by molar-refractivity contribution is 6.30. The second-order valence-corrected chi connectivity index (χ2v) is 6.72. The number of amides is 1. The minimum absolute atomic E-state index is 0.401. The summed E-state index contributed by atoms with van der Waals surface area (Å²) in [6, 6.07) is 19.6. The quantitative estimate of drug-likeness (QED) is 0.409. The highest BCUT2D eigenvalue weighted by atomic mass is 16.1. The van der Waals surface area contributed by atoms with Crippen molar-refractivity contribution in [3.63, 3.8) is 0 Å². The summed E-state index contributed by atoms with van der Waals surface area (Å²) in [5, 5.41) is 11.2. The molecular weight excluding hydrogens is 360 g/mol. The van der Waals surface area contributed by atoms with Gasteiger partial charge in [-0.05, 0) is 36.1 Å². The molecule has 3 aromatic rings. The Labute approximate surface area is 170 Å². The van der Waals surface area contributed by atoms with Gasteiger partial charge < -0.3 is 11.1 Å². The molecule has 0 aliphatic heterocycles. The molecule has 0 saturated heterocycles. The summed E-state index contributed by atoms with van der Waals surface area (Å²) in [7, 11) is 0. The lowest BCUT2D eigenvalue weighted by molar-refractivity contribution is -0.105. The fraction of sp³-hybridized carbons (Fsp3) is 0.125. The van der Waals surface area contributed by atoms with Crippen LogP contribution in [0, 0.1) is 5.41 Å². The third-order valence-electron chi connectivity index (χ3n) is 4.76. The summed E-state index contributed by atoms with van der Waals surface area (Å²) >= 11 is 0. The number of rotatable bonds is 7. The van der Waals surface area contributed by atoms with Gasteiger partial charge in [-0.2, -0.15) is 0 Å². The minimum Gasteiger partial charge on any atom is -0.402 e. The number of nitrogens with one attached hydrogen (secondary N) is 2. The van der Waals surface area contributed by atoms with Crippen molar-refractivity contribution >= 4 is 23.5 Å². The number of carbonyl (C=O) groups is 1. The molecule has 1 amide bonds. The molecule has 5 heteroatoms. The molecule has 0 fully saturated rings. The highest BCUT2D eigenvalue weighted by Crippen LogP contribution is 2.27. The molecule has 146 valence electrons. The van der Waals surface area contributed by atoms with Crippen LogP contribution in [0.5, 0.6) is 0 Å². The van der Waals surface area contributed by atoms with E-state index in [0.717, 1.165) is 39.8 Å². The van der Waals surface area contributed by atoms with Gasteiger partial charge in [0.25, 0.3) is 0 Å². The van der Waals surface area contributed by atoms with Crippen molar-refractivity contribution in [2.75, 3.05) is 5.32 Å². The molecule has 0 unspecified atom stereocenters. The lowest BCUT2D eigenvalue weighted by atomic mass is 9.93. The van der Waals surface area contributed by atoms with Crippen LogP contribution in [0.2, 0.25) is 0 Å². The van der Waals surface area contributed by atoms with Gasteiger partial charge in [-0.1, -0.05) is 61.5 Å². The average molecular weight is 384 g/mol. The molecular formula is C24H24N4O. The number of aromatic nitrogens is 1. The van der Waals surface area contributed by atoms with Crippen molar-refractivity contribution in [3.05, 3.63) is 89.2 Å². The van der Waals surface area contributed by atoms with E-state index in [4.69, 9.17) is 11.1 Å². The summed E-state index contributed by atoms with van der Waals surface area (Å²) < 4.78 is 0. The van der Waals surface area contributed by atoms with E-state index in [1.54, 1.807) is 6.20 Å². The van der Waals surface area contributed by atoms with Gasteiger partial charge in [0.2, 0.25) is 6.41 Å². The largest absolute Gasteiger partial charge is 0.402 e. The standard InChI is InChI=1S/C24H24N4O/c1-3-17-13-21(14-27-24(17)28-15-29)18-9-11-19(12-10-18)22(16(2)25)23(26)20-7-5-4-6-8-20/h4-15,26H,3,25H2,1-2H3,(H,27,28,29)/b22-16-,26-23?. The number of benzene rings is 2. The van der Waals surface area contributed by atoms with Crippen molar-refractivity contribution in [2.45, 2.75) is 20.3 Å². The van der Waals surface area contributed by atoms with Gasteiger partial charge in [-0.3, -0.25) is 10.2 Å². The van der Waals surface area contributed by atoms with E-state index >= 15 is 0 Å². The van der Waals surface area contributed by atoms with Crippen LogP contribution in [0.4, 0.5) is 5.82 Å². The third kappa shape index (κ3) is 4.41. The third-order valence-corrected chi connectivity index (χ3v) is 4.76. The summed E-state index contributed by atoms with van der Waals surface area (Å²) in [6.45, 7) is 3.84. The smallest absolute Gasteiger partial charge is 0.212 e. The second kappa shape index (κ2) is 8.97. The van der Waals surface area contributed by atoms with Crippen molar-refractivity contribution in [1.29, 1.82) is 5.41 Å². The Morgan fingerprint density at radius 1 is 1.07 bits per heavy atom. The number of aryl methyl sites for hydroxylation is 1. The maximum Gasteiger partial charge on any atom is 0.212 e. The molecule has 29 heavy (non-hydrogen) atoms. The van der Waals surface area contributed by atoms with Gasteiger partial charge in [0.1, 0.15) is 5.82 Å². The summed E-state index contributed by atoms with van der Waals surface area (Å²) in [5.74, 6) is 0.586. The van der Waals surface area contributed by atoms with Gasteiger partial charge in [-0.15, -0.1) is 0 Å². The van der Waals surface area contributed by atoms with Crippen molar-refractivity contribution in [3.8, 4) is 11.1 Å². The van der Waals surface area contributed by atoms with E-state index in [1.165, 1.54) is 0 Å². The Balaban J connectivity index is 1.94. The predicted octanol–water partition coefficient (Wildman–Crippen LogP) is 4.64. The van der Waals surface area contributed by atoms with E-state index in [2.05, 4.69) is 10.3 Å². The minimum atomic E-state index is 0.401. The molecule has 0 atom stereocenters. The summed E-state index contributed by atoms with van der Waals surface area (Å²) in [4.78, 5) is 15.1. The van der Waals surface area contributed by atoms with Gasteiger partial charge in [0, 0.05) is 28.6 Å². The average Bonchev–Trinajstić information content (AvgIpc) is 2.75. The number of allylic oxidation sites excluding steroid dienone is 2. The topological polar surface area (TPSA) is 91.9 Å². The Morgan fingerprint density at radius 2 is 1.76 bits per heavy atom. The van der Waals surface area contributed by atoms with Crippen LogP contribution in [0.3, 0.4) is 0 Å². The van der Waals surface area contributed by atoms with Crippen LogP contribution in [0.25, 0.3) is 16.7 Å². The first kappa shape index (κ1) is 20.0. The van der Waals surface area contributed by atoms with E-state index in [1.807, 2.05) is 74.5 Å². The fourth-order valence-corrected chi connectivity index (χ4v) is 3.27. The molecule has 0 saturated carbocycles. The zero-order valence-corrected chi connectivity index (χ0v) is 16.6. The number of hydrogen-bond acceptors (Lipinski definition) is 4. The second-order valence-electron chi connectivity index (χ2n) is 6.72. The number of nitrogens with two attached hydrogens (primary N) is 1. The zero-order valence-electron chi connectivity index (χ0n) is 16.6. The number of carbonyl (C=O) groups excluding carboxylic acids is 1. The highest BCUT2D eigenvalue weighted by Gasteiger charge is 2.13. The summed E-state index contributed by atoms with van der Waals surface area (Å²) in [6.07, 6.45) is 3.15. The van der Waals surface area contributed by atoms with Gasteiger partial charge in [-0.25, -0.2) is 4.98 Å². The molecule has 0 spiro atoms. The molecule has 1 heterocycles. The molecule has 3 rings (SSSR count). The van der Waals surface area contributed by atoms with Gasteiger partial charge in [0.05, 0.1) is 5.71 Å². The first-order valence-electron chi connectivity index (χ1n) is 9.45. The number of hydrogen-bond donors (Lipinski definition) is 3. The van der Waals surface area contributed by atoms with Crippen LogP contribution in [-0.4, -0.2) is 17.1 Å². The molecule has 1 aromatic heterocycles. The monoisotopic (exact) mass is 384 g/mol. The first-order chi connectivity index (χ1) is 14.0. The molecule has 2 aromatic carbocycles. The molecule has 0 bridgehead atoms. The number of nitrogens with zero attached hydrogens (tertiary/aromatic N) is 1. The lowest BCUT2D eigenvalue weighted by Gasteiger charge is -2.13. The molecule has 5 nitrogen and oxygen atoms in total. The molecule has 0 aliphatic rings. The zero-order chi connectivity index (χ0) is 20.8. The molecule has 0 radical (unpaired) electrons.